The van der Waals surface area contributed by atoms with Crippen LogP contribution in [0.5, 0.6) is 0 Å². The molecule has 0 saturated carbocycles. The summed E-state index contributed by atoms with van der Waals surface area (Å²) in [5.74, 6) is 0.0860. The van der Waals surface area contributed by atoms with Crippen LogP contribution < -0.4 is 10.6 Å². The number of fused-ring (bicyclic) bond motifs is 1. The van der Waals surface area contributed by atoms with Gasteiger partial charge in [-0.15, -0.1) is 0 Å². The number of benzene rings is 1. The number of pyridine rings is 1. The molecule has 0 saturated heterocycles. The third-order valence-electron chi connectivity index (χ3n) is 3.43. The number of anilines is 2. The van der Waals surface area contributed by atoms with E-state index in [0.29, 0.717) is 18.7 Å². The molecule has 19 heavy (non-hydrogen) atoms. The second kappa shape index (κ2) is 4.72. The van der Waals surface area contributed by atoms with Crippen LogP contribution in [0.15, 0.2) is 42.7 Å². The van der Waals surface area contributed by atoms with Crippen molar-refractivity contribution in [3.63, 3.8) is 0 Å². The van der Waals surface area contributed by atoms with Gasteiger partial charge < -0.3 is 10.6 Å². The number of hydrogen-bond donors (Lipinski definition) is 1. The lowest BCUT2D eigenvalue weighted by Crippen LogP contribution is -2.30. The van der Waals surface area contributed by atoms with Gasteiger partial charge in [0.1, 0.15) is 0 Å². The molecular formula is C15H15N3O. The van der Waals surface area contributed by atoms with Crippen molar-refractivity contribution in [2.45, 2.75) is 12.8 Å². The summed E-state index contributed by atoms with van der Waals surface area (Å²) < 4.78 is 0. The Morgan fingerprint density at radius 3 is 2.84 bits per heavy atom. The standard InChI is InChI=1S/C15H15N3O/c16-13-3-1-2-12-6-9-18(15(12)13)14(19)10-11-4-7-17-8-5-11/h1-5,7-8H,6,9-10,16H2. The van der Waals surface area contributed by atoms with E-state index in [2.05, 4.69) is 4.98 Å². The summed E-state index contributed by atoms with van der Waals surface area (Å²) in [5.41, 5.74) is 9.69. The number of aromatic nitrogens is 1. The Morgan fingerprint density at radius 2 is 2.05 bits per heavy atom. The van der Waals surface area contributed by atoms with Gasteiger partial charge in [0.15, 0.2) is 0 Å². The smallest absolute Gasteiger partial charge is 0.231 e. The third-order valence-corrected chi connectivity index (χ3v) is 3.43. The molecule has 1 aliphatic heterocycles. The lowest BCUT2D eigenvalue weighted by Gasteiger charge is -2.19. The Morgan fingerprint density at radius 1 is 1.26 bits per heavy atom. The molecule has 0 atom stereocenters. The normalized spacial score (nSPS) is 13.4. The molecule has 1 amide bonds. The Bertz CT molecular complexity index is 610. The van der Waals surface area contributed by atoms with Crippen LogP contribution in [0, 0.1) is 0 Å². The minimum absolute atomic E-state index is 0.0860. The van der Waals surface area contributed by atoms with Gasteiger partial charge >= 0.3 is 0 Å². The van der Waals surface area contributed by atoms with E-state index in [1.54, 1.807) is 17.3 Å². The SMILES string of the molecule is Nc1cccc2c1N(C(=O)Cc1ccncc1)CC2. The van der Waals surface area contributed by atoms with E-state index in [1.807, 2.05) is 30.3 Å². The van der Waals surface area contributed by atoms with Gasteiger partial charge in [-0.3, -0.25) is 9.78 Å². The molecule has 0 radical (unpaired) electrons. The summed E-state index contributed by atoms with van der Waals surface area (Å²) in [6.45, 7) is 0.716. The number of rotatable bonds is 2. The first kappa shape index (κ1) is 11.7. The summed E-state index contributed by atoms with van der Waals surface area (Å²) in [4.78, 5) is 18.1. The van der Waals surface area contributed by atoms with Crippen LogP contribution in [0.3, 0.4) is 0 Å². The van der Waals surface area contributed by atoms with Crippen molar-refractivity contribution in [1.82, 2.24) is 4.98 Å². The van der Waals surface area contributed by atoms with Gasteiger partial charge in [0.2, 0.25) is 5.91 Å². The number of nitrogens with two attached hydrogens (primary N) is 1. The average Bonchev–Trinajstić information content (AvgIpc) is 2.85. The molecule has 0 bridgehead atoms. The monoisotopic (exact) mass is 253 g/mol. The van der Waals surface area contributed by atoms with Gasteiger partial charge in [0.05, 0.1) is 17.8 Å². The predicted octanol–water partition coefficient (Wildman–Crippen LogP) is 1.80. The van der Waals surface area contributed by atoms with Gasteiger partial charge in [-0.05, 0) is 35.7 Å². The second-order valence-corrected chi connectivity index (χ2v) is 4.68. The molecule has 2 aromatic rings. The number of amides is 1. The van der Waals surface area contributed by atoms with Crippen LogP contribution in [-0.4, -0.2) is 17.4 Å². The van der Waals surface area contributed by atoms with E-state index in [4.69, 9.17) is 5.73 Å². The zero-order valence-electron chi connectivity index (χ0n) is 10.5. The first-order valence-electron chi connectivity index (χ1n) is 6.32. The molecular weight excluding hydrogens is 238 g/mol. The van der Waals surface area contributed by atoms with E-state index in [-0.39, 0.29) is 5.91 Å². The van der Waals surface area contributed by atoms with Crippen LogP contribution >= 0.6 is 0 Å². The molecule has 1 aromatic carbocycles. The van der Waals surface area contributed by atoms with Crippen LogP contribution in [0.25, 0.3) is 0 Å². The quantitative estimate of drug-likeness (QED) is 0.830. The zero-order chi connectivity index (χ0) is 13.2. The predicted molar refractivity (Wildman–Crippen MR) is 74.9 cm³/mol. The van der Waals surface area contributed by atoms with Crippen molar-refractivity contribution in [2.24, 2.45) is 0 Å². The second-order valence-electron chi connectivity index (χ2n) is 4.68. The number of para-hydroxylation sites is 1. The average molecular weight is 253 g/mol. The number of nitrogen functional groups attached to an aromatic ring is 1. The maximum absolute atomic E-state index is 12.4. The minimum Gasteiger partial charge on any atom is -0.397 e. The Balaban J connectivity index is 1.84. The highest BCUT2D eigenvalue weighted by atomic mass is 16.2. The fourth-order valence-electron chi connectivity index (χ4n) is 2.51. The van der Waals surface area contributed by atoms with Gasteiger partial charge in [0, 0.05) is 18.9 Å². The van der Waals surface area contributed by atoms with Crippen molar-refractivity contribution in [3.05, 3.63) is 53.9 Å². The topological polar surface area (TPSA) is 59.2 Å². The van der Waals surface area contributed by atoms with E-state index >= 15 is 0 Å². The van der Waals surface area contributed by atoms with E-state index in [1.165, 1.54) is 0 Å². The number of hydrogen-bond acceptors (Lipinski definition) is 3. The maximum atomic E-state index is 12.4. The number of carbonyl (C=O) groups excluding carboxylic acids is 1. The van der Waals surface area contributed by atoms with Crippen molar-refractivity contribution < 1.29 is 4.79 Å². The molecule has 2 N–H and O–H groups in total. The number of nitrogens with zero attached hydrogens (tertiary/aromatic N) is 2. The Hall–Kier alpha value is -2.36. The third kappa shape index (κ3) is 2.17. The summed E-state index contributed by atoms with van der Waals surface area (Å²) in [6, 6.07) is 9.54. The van der Waals surface area contributed by atoms with Crippen molar-refractivity contribution >= 4 is 17.3 Å². The highest BCUT2D eigenvalue weighted by molar-refractivity contribution is 5.99. The van der Waals surface area contributed by atoms with Gasteiger partial charge in [0.25, 0.3) is 0 Å². The first-order chi connectivity index (χ1) is 9.25. The molecule has 1 aliphatic rings. The Kier molecular flexibility index (Phi) is 2.91. The molecule has 0 unspecified atom stereocenters. The fourth-order valence-corrected chi connectivity index (χ4v) is 2.51. The molecule has 4 heteroatoms. The highest BCUT2D eigenvalue weighted by Crippen LogP contribution is 2.33. The first-order valence-corrected chi connectivity index (χ1v) is 6.32. The lowest BCUT2D eigenvalue weighted by atomic mass is 10.1. The van der Waals surface area contributed by atoms with Gasteiger partial charge in [-0.25, -0.2) is 0 Å². The zero-order valence-corrected chi connectivity index (χ0v) is 10.5. The van der Waals surface area contributed by atoms with E-state index in [0.717, 1.165) is 23.2 Å². The molecule has 3 rings (SSSR count). The molecule has 0 fully saturated rings. The minimum atomic E-state index is 0.0860. The van der Waals surface area contributed by atoms with E-state index < -0.39 is 0 Å². The van der Waals surface area contributed by atoms with Gasteiger partial charge in [-0.2, -0.15) is 0 Å². The van der Waals surface area contributed by atoms with Crippen molar-refractivity contribution in [2.75, 3.05) is 17.2 Å². The molecule has 0 spiro atoms. The summed E-state index contributed by atoms with van der Waals surface area (Å²) >= 11 is 0. The van der Waals surface area contributed by atoms with Crippen LogP contribution in [0.2, 0.25) is 0 Å². The Labute approximate surface area is 111 Å². The molecule has 1 aromatic heterocycles. The summed E-state index contributed by atoms with van der Waals surface area (Å²) in [6.07, 6.45) is 4.67. The molecule has 96 valence electrons. The highest BCUT2D eigenvalue weighted by Gasteiger charge is 2.26. The lowest BCUT2D eigenvalue weighted by molar-refractivity contribution is -0.117. The summed E-state index contributed by atoms with van der Waals surface area (Å²) in [5, 5.41) is 0. The van der Waals surface area contributed by atoms with Gasteiger partial charge in [-0.1, -0.05) is 12.1 Å². The van der Waals surface area contributed by atoms with Crippen LogP contribution in [-0.2, 0) is 17.6 Å². The maximum Gasteiger partial charge on any atom is 0.231 e. The largest absolute Gasteiger partial charge is 0.397 e. The number of carbonyl (C=O) groups is 1. The van der Waals surface area contributed by atoms with Crippen LogP contribution in [0.4, 0.5) is 11.4 Å². The van der Waals surface area contributed by atoms with Crippen molar-refractivity contribution in [1.29, 1.82) is 0 Å². The fraction of sp³-hybridized carbons (Fsp3) is 0.200. The van der Waals surface area contributed by atoms with Crippen molar-refractivity contribution in [3.8, 4) is 0 Å². The summed E-state index contributed by atoms with van der Waals surface area (Å²) in [7, 11) is 0. The van der Waals surface area contributed by atoms with Crippen LogP contribution in [0.1, 0.15) is 11.1 Å². The molecule has 4 nitrogen and oxygen atoms in total. The molecule has 2 heterocycles. The molecule has 0 aliphatic carbocycles. The van der Waals surface area contributed by atoms with E-state index in [9.17, 15) is 4.79 Å².